The lowest BCUT2D eigenvalue weighted by Crippen LogP contribution is -2.51. The predicted octanol–water partition coefficient (Wildman–Crippen LogP) is 1.43. The molecule has 0 spiro atoms. The molecular formula is C13H12FNO4. The maximum atomic E-state index is 13.1. The molecule has 1 fully saturated rings. The van der Waals surface area contributed by atoms with E-state index in [0.717, 1.165) is 11.0 Å². The van der Waals surface area contributed by atoms with E-state index in [1.807, 2.05) is 0 Å². The number of hydrogen-bond acceptors (Lipinski definition) is 3. The second-order valence-electron chi connectivity index (χ2n) is 4.33. The van der Waals surface area contributed by atoms with Crippen LogP contribution in [-0.4, -0.2) is 33.8 Å². The first-order valence-corrected chi connectivity index (χ1v) is 5.85. The van der Waals surface area contributed by atoms with Crippen molar-refractivity contribution in [3.8, 4) is 0 Å². The fourth-order valence-electron chi connectivity index (χ4n) is 2.12. The minimum absolute atomic E-state index is 0.0264. The molecule has 1 aliphatic rings. The Hall–Kier alpha value is -2.24. The quantitative estimate of drug-likeness (QED) is 0.821. The van der Waals surface area contributed by atoms with Gasteiger partial charge >= 0.3 is 5.97 Å². The van der Waals surface area contributed by atoms with E-state index in [-0.39, 0.29) is 18.4 Å². The van der Waals surface area contributed by atoms with E-state index in [2.05, 4.69) is 0 Å². The number of imide groups is 1. The fourth-order valence-corrected chi connectivity index (χ4v) is 2.12. The molecule has 6 heteroatoms. The smallest absolute Gasteiger partial charge is 0.326 e. The van der Waals surface area contributed by atoms with Crippen LogP contribution in [0.2, 0.25) is 0 Å². The summed E-state index contributed by atoms with van der Waals surface area (Å²) in [5, 5.41) is 9.06. The van der Waals surface area contributed by atoms with Crippen molar-refractivity contribution in [2.24, 2.45) is 0 Å². The van der Waals surface area contributed by atoms with Gasteiger partial charge in [0.05, 0.1) is 0 Å². The van der Waals surface area contributed by atoms with Crippen molar-refractivity contribution in [3.63, 3.8) is 0 Å². The topological polar surface area (TPSA) is 74.7 Å². The summed E-state index contributed by atoms with van der Waals surface area (Å²) < 4.78 is 13.1. The van der Waals surface area contributed by atoms with Gasteiger partial charge in [0, 0.05) is 12.0 Å². The number of likely N-dealkylation sites (tertiary alicyclic amines) is 1. The molecule has 0 saturated carbocycles. The third-order valence-electron chi connectivity index (χ3n) is 3.02. The number of carbonyl (C=O) groups excluding carboxylic acids is 2. The van der Waals surface area contributed by atoms with Gasteiger partial charge in [-0.2, -0.15) is 0 Å². The number of amides is 2. The average Bonchev–Trinajstić information content (AvgIpc) is 2.37. The molecule has 0 aromatic heterocycles. The van der Waals surface area contributed by atoms with E-state index in [1.54, 1.807) is 0 Å². The highest BCUT2D eigenvalue weighted by Gasteiger charge is 2.37. The van der Waals surface area contributed by atoms with Crippen molar-refractivity contribution in [3.05, 3.63) is 35.6 Å². The van der Waals surface area contributed by atoms with E-state index in [9.17, 15) is 18.8 Å². The number of carbonyl (C=O) groups is 3. The Labute approximate surface area is 108 Å². The first kappa shape index (κ1) is 13.2. The summed E-state index contributed by atoms with van der Waals surface area (Å²) in [5.41, 5.74) is -0.0264. The highest BCUT2D eigenvalue weighted by molar-refractivity contribution is 6.07. The number of rotatable bonds is 2. The first-order chi connectivity index (χ1) is 9.00. The lowest BCUT2D eigenvalue weighted by atomic mass is 10.00. The standard InChI is InChI=1S/C13H12FNO4/c14-9-4-1-3-8(7-9)12(17)15-10(13(18)19)5-2-6-11(15)16/h1,3-4,7,10H,2,5-6H2,(H,18,19). The zero-order chi connectivity index (χ0) is 14.0. The van der Waals surface area contributed by atoms with Crippen LogP contribution in [0.25, 0.3) is 0 Å². The average molecular weight is 265 g/mol. The molecule has 1 atom stereocenters. The van der Waals surface area contributed by atoms with Crippen LogP contribution in [0, 0.1) is 5.82 Å². The van der Waals surface area contributed by atoms with Crippen LogP contribution < -0.4 is 0 Å². The summed E-state index contributed by atoms with van der Waals surface area (Å²) in [6.45, 7) is 0. The first-order valence-electron chi connectivity index (χ1n) is 5.85. The van der Waals surface area contributed by atoms with Crippen LogP contribution in [-0.2, 0) is 9.59 Å². The molecular weight excluding hydrogens is 253 g/mol. The molecule has 1 aromatic rings. The number of hydrogen-bond donors (Lipinski definition) is 1. The second kappa shape index (κ2) is 5.17. The molecule has 0 radical (unpaired) electrons. The van der Waals surface area contributed by atoms with Gasteiger partial charge in [-0.05, 0) is 31.0 Å². The van der Waals surface area contributed by atoms with Crippen LogP contribution in [0.1, 0.15) is 29.6 Å². The minimum atomic E-state index is -1.22. The number of nitrogens with zero attached hydrogens (tertiary/aromatic N) is 1. The van der Waals surface area contributed by atoms with Gasteiger partial charge in [-0.3, -0.25) is 14.5 Å². The van der Waals surface area contributed by atoms with Crippen LogP contribution in [0.15, 0.2) is 24.3 Å². The van der Waals surface area contributed by atoms with Crippen molar-refractivity contribution < 1.29 is 23.9 Å². The van der Waals surface area contributed by atoms with Crippen molar-refractivity contribution >= 4 is 17.8 Å². The molecule has 100 valence electrons. The molecule has 1 N–H and O–H groups in total. The van der Waals surface area contributed by atoms with E-state index in [1.165, 1.54) is 18.2 Å². The van der Waals surface area contributed by atoms with Gasteiger partial charge in [0.15, 0.2) is 0 Å². The Bertz CT molecular complexity index is 543. The van der Waals surface area contributed by atoms with Crippen LogP contribution >= 0.6 is 0 Å². The molecule has 1 saturated heterocycles. The normalized spacial score (nSPS) is 19.3. The Morgan fingerprint density at radius 3 is 2.74 bits per heavy atom. The Morgan fingerprint density at radius 1 is 1.37 bits per heavy atom. The Balaban J connectivity index is 2.33. The van der Waals surface area contributed by atoms with E-state index >= 15 is 0 Å². The van der Waals surface area contributed by atoms with Crippen LogP contribution in [0.4, 0.5) is 4.39 Å². The van der Waals surface area contributed by atoms with Gasteiger partial charge in [-0.1, -0.05) is 6.07 Å². The van der Waals surface area contributed by atoms with Gasteiger partial charge in [-0.15, -0.1) is 0 Å². The van der Waals surface area contributed by atoms with Gasteiger partial charge in [0.1, 0.15) is 11.9 Å². The van der Waals surface area contributed by atoms with E-state index in [0.29, 0.717) is 6.42 Å². The molecule has 1 unspecified atom stereocenters. The Kier molecular flexibility index (Phi) is 3.59. The Morgan fingerprint density at radius 2 is 2.11 bits per heavy atom. The van der Waals surface area contributed by atoms with Gasteiger partial charge in [0.25, 0.3) is 5.91 Å². The summed E-state index contributed by atoms with van der Waals surface area (Å²) in [6.07, 6.45) is 0.787. The maximum Gasteiger partial charge on any atom is 0.326 e. The number of halogens is 1. The van der Waals surface area contributed by atoms with Gasteiger partial charge < -0.3 is 5.11 Å². The predicted molar refractivity (Wildman–Crippen MR) is 62.9 cm³/mol. The molecule has 2 rings (SSSR count). The highest BCUT2D eigenvalue weighted by atomic mass is 19.1. The van der Waals surface area contributed by atoms with Crippen LogP contribution in [0.5, 0.6) is 0 Å². The maximum absolute atomic E-state index is 13.1. The summed E-state index contributed by atoms with van der Waals surface area (Å²) in [7, 11) is 0. The summed E-state index contributed by atoms with van der Waals surface area (Å²) >= 11 is 0. The highest BCUT2D eigenvalue weighted by Crippen LogP contribution is 2.21. The van der Waals surface area contributed by atoms with Crippen molar-refractivity contribution in [2.45, 2.75) is 25.3 Å². The third-order valence-corrected chi connectivity index (χ3v) is 3.02. The monoisotopic (exact) mass is 265 g/mol. The number of aliphatic carboxylic acids is 1. The molecule has 1 aromatic carbocycles. The lowest BCUT2D eigenvalue weighted by molar-refractivity contribution is -0.150. The molecule has 5 nitrogen and oxygen atoms in total. The van der Waals surface area contributed by atoms with Crippen LogP contribution in [0.3, 0.4) is 0 Å². The minimum Gasteiger partial charge on any atom is -0.480 e. The van der Waals surface area contributed by atoms with E-state index in [4.69, 9.17) is 5.11 Å². The SMILES string of the molecule is O=C(O)C1CCCC(=O)N1C(=O)c1cccc(F)c1. The van der Waals surface area contributed by atoms with Gasteiger partial charge in [-0.25, -0.2) is 9.18 Å². The number of piperidine rings is 1. The van der Waals surface area contributed by atoms with Gasteiger partial charge in [0.2, 0.25) is 5.91 Å². The zero-order valence-electron chi connectivity index (χ0n) is 10.0. The largest absolute Gasteiger partial charge is 0.480 e. The van der Waals surface area contributed by atoms with Crippen molar-refractivity contribution in [2.75, 3.05) is 0 Å². The summed E-state index contributed by atoms with van der Waals surface area (Å²) in [4.78, 5) is 35.7. The molecule has 0 aliphatic carbocycles. The lowest BCUT2D eigenvalue weighted by Gasteiger charge is -2.31. The molecule has 0 bridgehead atoms. The summed E-state index contributed by atoms with van der Waals surface area (Å²) in [6, 6.07) is 3.68. The third kappa shape index (κ3) is 2.62. The number of carboxylic acids is 1. The number of carboxylic acid groups (broad SMARTS) is 1. The zero-order valence-corrected chi connectivity index (χ0v) is 10.0. The van der Waals surface area contributed by atoms with Crippen molar-refractivity contribution in [1.29, 1.82) is 0 Å². The second-order valence-corrected chi connectivity index (χ2v) is 4.33. The molecule has 1 aliphatic heterocycles. The number of benzene rings is 1. The van der Waals surface area contributed by atoms with Crippen molar-refractivity contribution in [1.82, 2.24) is 4.90 Å². The molecule has 19 heavy (non-hydrogen) atoms. The molecule has 1 heterocycles. The fraction of sp³-hybridized carbons (Fsp3) is 0.308. The molecule has 2 amide bonds. The summed E-state index contributed by atoms with van der Waals surface area (Å²) in [5.74, 6) is -3.13. The van der Waals surface area contributed by atoms with E-state index < -0.39 is 29.6 Å².